The molecule has 0 amide bonds. The van der Waals surface area contributed by atoms with Crippen molar-refractivity contribution in [3.63, 3.8) is 0 Å². The van der Waals surface area contributed by atoms with Gasteiger partial charge in [-0.15, -0.1) is 0 Å². The molecular weight excluding hydrogens is 284 g/mol. The Labute approximate surface area is 142 Å². The van der Waals surface area contributed by atoms with Gasteiger partial charge < -0.3 is 5.73 Å². The zero-order valence-corrected chi connectivity index (χ0v) is 15.7. The Bertz CT molecular complexity index is 537. The van der Waals surface area contributed by atoms with E-state index in [9.17, 15) is 4.79 Å². The van der Waals surface area contributed by atoms with Crippen LogP contribution in [0.2, 0.25) is 0 Å². The van der Waals surface area contributed by atoms with Gasteiger partial charge in [-0.3, -0.25) is 9.78 Å². The van der Waals surface area contributed by atoms with Crippen molar-refractivity contribution in [2.24, 2.45) is 0 Å². The standard InChI is InChI=1S/C14H14N2O.3C2H6/c1-10(17)9-14-12(15)7-8-13(16-14)11-5-3-2-4-6-11;3*1-2/h2-8H,9,15H2,1H3;3*1-2H3. The highest BCUT2D eigenvalue weighted by Crippen LogP contribution is 2.20. The second kappa shape index (κ2) is 14.8. The molecule has 2 aromatic rings. The molecule has 0 aliphatic heterocycles. The van der Waals surface area contributed by atoms with Crippen LogP contribution < -0.4 is 5.73 Å². The molecule has 0 unspecified atom stereocenters. The van der Waals surface area contributed by atoms with Crippen molar-refractivity contribution in [3.05, 3.63) is 48.2 Å². The lowest BCUT2D eigenvalue weighted by Gasteiger charge is -2.06. The number of hydrogen-bond acceptors (Lipinski definition) is 3. The molecule has 0 radical (unpaired) electrons. The van der Waals surface area contributed by atoms with Crippen LogP contribution in [-0.4, -0.2) is 10.8 Å². The Hall–Kier alpha value is -2.16. The summed E-state index contributed by atoms with van der Waals surface area (Å²) < 4.78 is 0. The lowest BCUT2D eigenvalue weighted by atomic mass is 10.1. The fraction of sp³-hybridized carbons (Fsp3) is 0.400. The van der Waals surface area contributed by atoms with E-state index in [1.807, 2.05) is 77.9 Å². The molecule has 0 saturated heterocycles. The first-order chi connectivity index (χ1) is 11.2. The monoisotopic (exact) mass is 316 g/mol. The molecule has 1 aromatic carbocycles. The third-order valence-electron chi connectivity index (χ3n) is 2.50. The SMILES string of the molecule is CC.CC.CC.CC(=O)Cc1nc(-c2ccccc2)ccc1N. The van der Waals surface area contributed by atoms with Crippen molar-refractivity contribution in [2.45, 2.75) is 54.9 Å². The summed E-state index contributed by atoms with van der Waals surface area (Å²) in [5.41, 5.74) is 8.89. The summed E-state index contributed by atoms with van der Waals surface area (Å²) in [5, 5.41) is 0. The summed E-state index contributed by atoms with van der Waals surface area (Å²) >= 11 is 0. The summed E-state index contributed by atoms with van der Waals surface area (Å²) in [7, 11) is 0. The molecule has 0 spiro atoms. The Kier molecular flexibility index (Phi) is 14.8. The first-order valence-electron chi connectivity index (χ1n) is 8.47. The highest BCUT2D eigenvalue weighted by atomic mass is 16.1. The summed E-state index contributed by atoms with van der Waals surface area (Å²) in [5.74, 6) is 0.0643. The molecule has 0 fully saturated rings. The Balaban J connectivity index is 0. The maximum absolute atomic E-state index is 11.1. The van der Waals surface area contributed by atoms with E-state index in [0.717, 1.165) is 11.3 Å². The first kappa shape index (κ1) is 23.1. The zero-order valence-electron chi connectivity index (χ0n) is 15.7. The van der Waals surface area contributed by atoms with Crippen LogP contribution in [0.15, 0.2) is 42.5 Å². The second-order valence-corrected chi connectivity index (χ2v) is 3.98. The van der Waals surface area contributed by atoms with Crippen molar-refractivity contribution in [1.29, 1.82) is 0 Å². The molecule has 1 aromatic heterocycles. The maximum atomic E-state index is 11.1. The Morgan fingerprint density at radius 2 is 1.43 bits per heavy atom. The van der Waals surface area contributed by atoms with E-state index < -0.39 is 0 Å². The van der Waals surface area contributed by atoms with Gasteiger partial charge in [0.1, 0.15) is 5.78 Å². The molecule has 2 N–H and O–H groups in total. The van der Waals surface area contributed by atoms with E-state index in [1.54, 1.807) is 6.07 Å². The van der Waals surface area contributed by atoms with Gasteiger partial charge in [-0.1, -0.05) is 71.9 Å². The Morgan fingerprint density at radius 1 is 0.913 bits per heavy atom. The number of nitrogens with two attached hydrogens (primary N) is 1. The van der Waals surface area contributed by atoms with Crippen molar-refractivity contribution in [1.82, 2.24) is 4.98 Å². The number of ketones is 1. The van der Waals surface area contributed by atoms with Crippen LogP contribution in [0.3, 0.4) is 0 Å². The number of carbonyl (C=O) groups is 1. The van der Waals surface area contributed by atoms with Crippen molar-refractivity contribution in [3.8, 4) is 11.3 Å². The summed E-state index contributed by atoms with van der Waals surface area (Å²) in [4.78, 5) is 15.6. The number of hydrogen-bond donors (Lipinski definition) is 1. The lowest BCUT2D eigenvalue weighted by molar-refractivity contribution is -0.116. The van der Waals surface area contributed by atoms with E-state index in [-0.39, 0.29) is 12.2 Å². The van der Waals surface area contributed by atoms with Gasteiger partial charge in [0.15, 0.2) is 0 Å². The molecule has 1 heterocycles. The molecule has 0 atom stereocenters. The average Bonchev–Trinajstić information content (AvgIpc) is 2.62. The predicted octanol–water partition coefficient (Wildman–Crippen LogP) is 5.54. The number of pyridine rings is 1. The largest absolute Gasteiger partial charge is 0.397 e. The van der Waals surface area contributed by atoms with E-state index in [4.69, 9.17) is 5.73 Å². The van der Waals surface area contributed by atoms with Crippen LogP contribution in [0.5, 0.6) is 0 Å². The van der Waals surface area contributed by atoms with Crippen molar-refractivity contribution in [2.75, 3.05) is 5.73 Å². The maximum Gasteiger partial charge on any atom is 0.135 e. The number of aromatic nitrogens is 1. The van der Waals surface area contributed by atoms with Crippen LogP contribution in [0.1, 0.15) is 54.2 Å². The topological polar surface area (TPSA) is 56.0 Å². The van der Waals surface area contributed by atoms with Gasteiger partial charge in [0.05, 0.1) is 23.5 Å². The van der Waals surface area contributed by atoms with Crippen LogP contribution >= 0.6 is 0 Å². The molecule has 0 aliphatic carbocycles. The molecule has 0 aliphatic rings. The lowest BCUT2D eigenvalue weighted by Crippen LogP contribution is -2.04. The fourth-order valence-electron chi connectivity index (χ4n) is 1.66. The van der Waals surface area contributed by atoms with Crippen molar-refractivity contribution >= 4 is 11.5 Å². The average molecular weight is 316 g/mol. The van der Waals surface area contributed by atoms with Gasteiger partial charge >= 0.3 is 0 Å². The van der Waals surface area contributed by atoms with Gasteiger partial charge in [-0.25, -0.2) is 0 Å². The molecule has 3 heteroatoms. The van der Waals surface area contributed by atoms with E-state index in [2.05, 4.69) is 4.98 Å². The van der Waals surface area contributed by atoms with E-state index >= 15 is 0 Å². The van der Waals surface area contributed by atoms with Crippen LogP contribution in [-0.2, 0) is 11.2 Å². The molecular formula is C20H32N2O. The van der Waals surface area contributed by atoms with Crippen molar-refractivity contribution < 1.29 is 4.79 Å². The van der Waals surface area contributed by atoms with Gasteiger partial charge in [0, 0.05) is 5.56 Å². The third kappa shape index (κ3) is 8.77. The summed E-state index contributed by atoms with van der Waals surface area (Å²) in [6.07, 6.45) is 0.284. The second-order valence-electron chi connectivity index (χ2n) is 3.98. The highest BCUT2D eigenvalue weighted by molar-refractivity contribution is 5.79. The summed E-state index contributed by atoms with van der Waals surface area (Å²) in [6, 6.07) is 13.5. The van der Waals surface area contributed by atoms with Crippen LogP contribution in [0.4, 0.5) is 5.69 Å². The molecule has 128 valence electrons. The predicted molar refractivity (Wildman–Crippen MR) is 103 cm³/mol. The van der Waals surface area contributed by atoms with Gasteiger partial charge in [-0.2, -0.15) is 0 Å². The van der Waals surface area contributed by atoms with Gasteiger partial charge in [0.2, 0.25) is 0 Å². The minimum absolute atomic E-state index is 0.0643. The number of rotatable bonds is 3. The van der Waals surface area contributed by atoms with Crippen LogP contribution in [0, 0.1) is 0 Å². The smallest absolute Gasteiger partial charge is 0.135 e. The number of Topliss-reactive ketones (excluding diaryl/α,β-unsaturated/α-hetero) is 1. The Morgan fingerprint density at radius 3 is 1.91 bits per heavy atom. The quantitative estimate of drug-likeness (QED) is 0.808. The minimum Gasteiger partial charge on any atom is -0.397 e. The molecule has 23 heavy (non-hydrogen) atoms. The molecule has 2 rings (SSSR count). The number of carbonyl (C=O) groups excluding carboxylic acids is 1. The number of benzene rings is 1. The van der Waals surface area contributed by atoms with E-state index in [1.165, 1.54) is 6.92 Å². The molecule has 3 nitrogen and oxygen atoms in total. The first-order valence-corrected chi connectivity index (χ1v) is 8.47. The number of nitrogen functional groups attached to an aromatic ring is 1. The molecule has 0 saturated carbocycles. The highest BCUT2D eigenvalue weighted by Gasteiger charge is 2.06. The van der Waals surface area contributed by atoms with Gasteiger partial charge in [-0.05, 0) is 19.1 Å². The van der Waals surface area contributed by atoms with E-state index in [0.29, 0.717) is 11.4 Å². The normalized spacial score (nSPS) is 8.30. The third-order valence-corrected chi connectivity index (χ3v) is 2.50. The molecule has 0 bridgehead atoms. The van der Waals surface area contributed by atoms with Crippen LogP contribution in [0.25, 0.3) is 11.3 Å². The minimum atomic E-state index is 0.0643. The number of anilines is 1. The fourth-order valence-corrected chi connectivity index (χ4v) is 1.66. The summed E-state index contributed by atoms with van der Waals surface area (Å²) in [6.45, 7) is 13.5. The van der Waals surface area contributed by atoms with Gasteiger partial charge in [0.25, 0.3) is 0 Å². The number of nitrogens with zero attached hydrogens (tertiary/aromatic N) is 1. The zero-order chi connectivity index (χ0) is 18.3.